The summed E-state index contributed by atoms with van der Waals surface area (Å²) in [5, 5.41) is 3.13. The van der Waals surface area contributed by atoms with Gasteiger partial charge in [-0.15, -0.1) is 0 Å². The lowest BCUT2D eigenvalue weighted by atomic mass is 10.1. The fourth-order valence-electron chi connectivity index (χ4n) is 3.52. The highest BCUT2D eigenvalue weighted by molar-refractivity contribution is 5.95. The number of imidazole rings is 1. The third-order valence-electron chi connectivity index (χ3n) is 5.04. The SMILES string of the molecule is CCCCCCn1c(C(C)NC(=O)c2ccccc2C)nc2ccccc21. The van der Waals surface area contributed by atoms with Crippen LogP contribution in [0.3, 0.4) is 0 Å². The maximum atomic E-state index is 12.7. The Labute approximate surface area is 161 Å². The Morgan fingerprint density at radius 3 is 2.59 bits per heavy atom. The van der Waals surface area contributed by atoms with Gasteiger partial charge in [0.15, 0.2) is 0 Å². The van der Waals surface area contributed by atoms with Crippen molar-refractivity contribution in [2.75, 3.05) is 0 Å². The van der Waals surface area contributed by atoms with Gasteiger partial charge in [-0.3, -0.25) is 4.79 Å². The topological polar surface area (TPSA) is 46.9 Å². The molecule has 0 radical (unpaired) electrons. The maximum absolute atomic E-state index is 12.7. The van der Waals surface area contributed by atoms with Gasteiger partial charge in [0.05, 0.1) is 17.1 Å². The molecule has 0 aliphatic carbocycles. The molecule has 0 aliphatic rings. The molecule has 0 saturated carbocycles. The van der Waals surface area contributed by atoms with E-state index in [9.17, 15) is 4.79 Å². The minimum absolute atomic E-state index is 0.0508. The van der Waals surface area contributed by atoms with Crippen LogP contribution in [0.15, 0.2) is 48.5 Å². The average molecular weight is 364 g/mol. The Balaban J connectivity index is 1.83. The minimum Gasteiger partial charge on any atom is -0.342 e. The van der Waals surface area contributed by atoms with Crippen molar-refractivity contribution in [3.8, 4) is 0 Å². The molecule has 0 bridgehead atoms. The number of hydrogen-bond acceptors (Lipinski definition) is 2. The molecule has 4 nitrogen and oxygen atoms in total. The van der Waals surface area contributed by atoms with Crippen molar-refractivity contribution in [3.05, 3.63) is 65.5 Å². The monoisotopic (exact) mass is 363 g/mol. The summed E-state index contributed by atoms with van der Waals surface area (Å²) in [6, 6.07) is 15.7. The second kappa shape index (κ2) is 8.85. The molecule has 1 atom stereocenters. The molecule has 1 heterocycles. The lowest BCUT2D eigenvalue weighted by Crippen LogP contribution is -2.29. The van der Waals surface area contributed by atoms with E-state index in [1.165, 1.54) is 19.3 Å². The van der Waals surface area contributed by atoms with Crippen molar-refractivity contribution in [1.29, 1.82) is 0 Å². The molecule has 3 rings (SSSR count). The molecule has 2 aromatic carbocycles. The average Bonchev–Trinajstić information content (AvgIpc) is 3.04. The molecule has 0 fully saturated rings. The smallest absolute Gasteiger partial charge is 0.252 e. The molecule has 3 aromatic rings. The van der Waals surface area contributed by atoms with Crippen LogP contribution in [-0.2, 0) is 6.54 Å². The molecule has 1 N–H and O–H groups in total. The Morgan fingerprint density at radius 2 is 1.81 bits per heavy atom. The summed E-state index contributed by atoms with van der Waals surface area (Å²) in [6.07, 6.45) is 4.81. The summed E-state index contributed by atoms with van der Waals surface area (Å²) in [5.74, 6) is 0.875. The van der Waals surface area contributed by atoms with E-state index in [0.29, 0.717) is 0 Å². The molecule has 142 valence electrons. The number of nitrogens with zero attached hydrogens (tertiary/aromatic N) is 2. The summed E-state index contributed by atoms with van der Waals surface area (Å²) in [4.78, 5) is 17.6. The number of aromatic nitrogens is 2. The molecule has 0 aliphatic heterocycles. The number of rotatable bonds is 8. The molecule has 0 saturated heterocycles. The summed E-state index contributed by atoms with van der Waals surface area (Å²) in [7, 11) is 0. The highest BCUT2D eigenvalue weighted by Crippen LogP contribution is 2.22. The van der Waals surface area contributed by atoms with Crippen molar-refractivity contribution in [2.24, 2.45) is 0 Å². The number of para-hydroxylation sites is 2. The highest BCUT2D eigenvalue weighted by Gasteiger charge is 2.19. The van der Waals surface area contributed by atoms with E-state index in [1.807, 2.05) is 56.3 Å². The number of benzene rings is 2. The maximum Gasteiger partial charge on any atom is 0.252 e. The fourth-order valence-corrected chi connectivity index (χ4v) is 3.52. The zero-order chi connectivity index (χ0) is 19.2. The molecule has 27 heavy (non-hydrogen) atoms. The number of nitrogens with one attached hydrogen (secondary N) is 1. The first-order valence-electron chi connectivity index (χ1n) is 9.93. The molecule has 0 spiro atoms. The summed E-state index contributed by atoms with van der Waals surface area (Å²) in [5.41, 5.74) is 3.83. The van der Waals surface area contributed by atoms with Crippen LogP contribution in [0.1, 0.15) is 67.3 Å². The van der Waals surface area contributed by atoms with Gasteiger partial charge in [0.1, 0.15) is 5.82 Å². The molecule has 1 unspecified atom stereocenters. The van der Waals surface area contributed by atoms with E-state index in [4.69, 9.17) is 4.98 Å². The first-order valence-corrected chi connectivity index (χ1v) is 9.93. The molecule has 1 amide bonds. The van der Waals surface area contributed by atoms with Gasteiger partial charge in [0.2, 0.25) is 0 Å². The van der Waals surface area contributed by atoms with Gasteiger partial charge in [0, 0.05) is 12.1 Å². The molecule has 4 heteroatoms. The largest absolute Gasteiger partial charge is 0.342 e. The number of carbonyl (C=O) groups is 1. The summed E-state index contributed by atoms with van der Waals surface area (Å²) >= 11 is 0. The van der Waals surface area contributed by atoms with Crippen LogP contribution in [-0.4, -0.2) is 15.5 Å². The first-order chi connectivity index (χ1) is 13.1. The zero-order valence-corrected chi connectivity index (χ0v) is 16.5. The fraction of sp³-hybridized carbons (Fsp3) is 0.391. The lowest BCUT2D eigenvalue weighted by molar-refractivity contribution is 0.0937. The van der Waals surface area contributed by atoms with Crippen LogP contribution in [0.5, 0.6) is 0 Å². The van der Waals surface area contributed by atoms with E-state index in [0.717, 1.165) is 41.0 Å². The number of aryl methyl sites for hydroxylation is 2. The van der Waals surface area contributed by atoms with Gasteiger partial charge in [-0.25, -0.2) is 4.98 Å². The molecular formula is C23H29N3O. The van der Waals surface area contributed by atoms with Crippen LogP contribution in [0.2, 0.25) is 0 Å². The highest BCUT2D eigenvalue weighted by atomic mass is 16.1. The van der Waals surface area contributed by atoms with Crippen molar-refractivity contribution in [3.63, 3.8) is 0 Å². The van der Waals surface area contributed by atoms with E-state index < -0.39 is 0 Å². The number of hydrogen-bond donors (Lipinski definition) is 1. The van der Waals surface area contributed by atoms with E-state index in [2.05, 4.69) is 22.9 Å². The van der Waals surface area contributed by atoms with Gasteiger partial charge in [-0.05, 0) is 44.0 Å². The predicted octanol–water partition coefficient (Wildman–Crippen LogP) is 5.42. The van der Waals surface area contributed by atoms with Crippen LogP contribution in [0.25, 0.3) is 11.0 Å². The number of carbonyl (C=O) groups excluding carboxylic acids is 1. The Hall–Kier alpha value is -2.62. The second-order valence-corrected chi connectivity index (χ2v) is 7.18. The standard InChI is InChI=1S/C23H29N3O/c1-4-5-6-11-16-26-21-15-10-9-14-20(21)25-22(26)18(3)24-23(27)19-13-8-7-12-17(19)2/h7-10,12-15,18H,4-6,11,16H2,1-3H3,(H,24,27). The van der Waals surface area contributed by atoms with Crippen LogP contribution >= 0.6 is 0 Å². The number of amides is 1. The van der Waals surface area contributed by atoms with Crippen molar-refractivity contribution < 1.29 is 4.79 Å². The van der Waals surface area contributed by atoms with Gasteiger partial charge in [-0.2, -0.15) is 0 Å². The third kappa shape index (κ3) is 4.38. The first kappa shape index (κ1) is 19.2. The quantitative estimate of drug-likeness (QED) is 0.544. The van der Waals surface area contributed by atoms with Gasteiger partial charge in [-0.1, -0.05) is 56.5 Å². The lowest BCUT2D eigenvalue weighted by Gasteiger charge is -2.17. The van der Waals surface area contributed by atoms with E-state index >= 15 is 0 Å². The Bertz CT molecular complexity index is 913. The third-order valence-corrected chi connectivity index (χ3v) is 5.04. The van der Waals surface area contributed by atoms with Crippen LogP contribution in [0, 0.1) is 6.92 Å². The second-order valence-electron chi connectivity index (χ2n) is 7.18. The van der Waals surface area contributed by atoms with E-state index in [1.54, 1.807) is 0 Å². The summed E-state index contributed by atoms with van der Waals surface area (Å²) in [6.45, 7) is 7.13. The summed E-state index contributed by atoms with van der Waals surface area (Å²) < 4.78 is 2.27. The van der Waals surface area contributed by atoms with Gasteiger partial charge in [0.25, 0.3) is 5.91 Å². The Morgan fingerprint density at radius 1 is 1.07 bits per heavy atom. The minimum atomic E-state index is -0.157. The van der Waals surface area contributed by atoms with Crippen LogP contribution in [0.4, 0.5) is 0 Å². The number of unbranched alkanes of at least 4 members (excludes halogenated alkanes) is 3. The van der Waals surface area contributed by atoms with Gasteiger partial charge >= 0.3 is 0 Å². The van der Waals surface area contributed by atoms with Gasteiger partial charge < -0.3 is 9.88 Å². The molecule has 1 aromatic heterocycles. The normalized spacial score (nSPS) is 12.3. The number of fused-ring (bicyclic) bond motifs is 1. The zero-order valence-electron chi connectivity index (χ0n) is 16.5. The van der Waals surface area contributed by atoms with Crippen molar-refractivity contribution in [2.45, 2.75) is 59.0 Å². The molecular weight excluding hydrogens is 334 g/mol. The predicted molar refractivity (Wildman–Crippen MR) is 111 cm³/mol. The van der Waals surface area contributed by atoms with Crippen molar-refractivity contribution in [1.82, 2.24) is 14.9 Å². The Kier molecular flexibility index (Phi) is 6.28. The van der Waals surface area contributed by atoms with Crippen molar-refractivity contribution >= 4 is 16.9 Å². The van der Waals surface area contributed by atoms with E-state index in [-0.39, 0.29) is 11.9 Å². The van der Waals surface area contributed by atoms with Crippen LogP contribution < -0.4 is 5.32 Å².